The molecule has 0 aliphatic carbocycles. The number of carbonyl (C=O) groups excluding carboxylic acids is 1. The van der Waals surface area contributed by atoms with Crippen molar-refractivity contribution >= 4 is 28.8 Å². The van der Waals surface area contributed by atoms with Gasteiger partial charge in [-0.1, -0.05) is 42.8 Å². The zero-order chi connectivity index (χ0) is 15.7. The molecule has 3 rings (SSSR count). The molecule has 0 unspecified atom stereocenters. The van der Waals surface area contributed by atoms with Gasteiger partial charge in [-0.3, -0.25) is 4.79 Å². The lowest BCUT2D eigenvalue weighted by Gasteiger charge is -2.11. The first kappa shape index (κ1) is 14.8. The summed E-state index contributed by atoms with van der Waals surface area (Å²) in [6, 6.07) is 10.5. The van der Waals surface area contributed by atoms with E-state index in [-0.39, 0.29) is 5.82 Å². The van der Waals surface area contributed by atoms with Gasteiger partial charge in [0.25, 0.3) is 0 Å². The predicted octanol–water partition coefficient (Wildman–Crippen LogP) is 4.86. The van der Waals surface area contributed by atoms with Gasteiger partial charge in [-0.15, -0.1) is 0 Å². The van der Waals surface area contributed by atoms with Gasteiger partial charge in [0.1, 0.15) is 5.82 Å². The Labute approximate surface area is 133 Å². The van der Waals surface area contributed by atoms with Crippen molar-refractivity contribution < 1.29 is 9.18 Å². The van der Waals surface area contributed by atoms with Gasteiger partial charge in [-0.25, -0.2) is 4.39 Å². The van der Waals surface area contributed by atoms with Crippen LogP contribution in [0.3, 0.4) is 0 Å². The van der Waals surface area contributed by atoms with E-state index in [9.17, 15) is 9.18 Å². The minimum atomic E-state index is -0.337. The SMILES string of the molecule is CCc1cccc2c(C=O)cn(Cc3c(F)cccc3Cl)c12. The van der Waals surface area contributed by atoms with Crippen molar-refractivity contribution in [1.29, 1.82) is 0 Å². The average molecular weight is 316 g/mol. The second kappa shape index (κ2) is 5.93. The minimum Gasteiger partial charge on any atom is -0.342 e. The second-order valence-electron chi connectivity index (χ2n) is 5.20. The highest BCUT2D eigenvalue weighted by molar-refractivity contribution is 6.31. The topological polar surface area (TPSA) is 22.0 Å². The number of halogens is 2. The Morgan fingerprint density at radius 2 is 2.00 bits per heavy atom. The Kier molecular flexibility index (Phi) is 3.99. The van der Waals surface area contributed by atoms with Crippen LogP contribution in [0.5, 0.6) is 0 Å². The molecular formula is C18H15ClFNO. The molecule has 22 heavy (non-hydrogen) atoms. The zero-order valence-electron chi connectivity index (χ0n) is 12.1. The summed E-state index contributed by atoms with van der Waals surface area (Å²) < 4.78 is 15.9. The summed E-state index contributed by atoms with van der Waals surface area (Å²) in [4.78, 5) is 11.3. The summed E-state index contributed by atoms with van der Waals surface area (Å²) in [5.74, 6) is -0.337. The van der Waals surface area contributed by atoms with E-state index in [2.05, 4.69) is 6.92 Å². The highest BCUT2D eigenvalue weighted by atomic mass is 35.5. The standard InChI is InChI=1S/C18H15ClFNO/c1-2-12-5-3-6-14-13(11-22)9-21(18(12)14)10-15-16(19)7-4-8-17(15)20/h3-9,11H,2,10H2,1H3. The molecule has 0 saturated heterocycles. The predicted molar refractivity (Wildman–Crippen MR) is 87.2 cm³/mol. The van der Waals surface area contributed by atoms with Crippen LogP contribution in [-0.4, -0.2) is 10.9 Å². The molecule has 112 valence electrons. The monoisotopic (exact) mass is 315 g/mol. The van der Waals surface area contributed by atoms with Gasteiger partial charge in [-0.05, 0) is 24.1 Å². The summed E-state index contributed by atoms with van der Waals surface area (Å²) in [7, 11) is 0. The number of hydrogen-bond acceptors (Lipinski definition) is 1. The van der Waals surface area contributed by atoms with E-state index >= 15 is 0 Å². The third-order valence-corrected chi connectivity index (χ3v) is 4.26. The molecule has 0 radical (unpaired) electrons. The van der Waals surface area contributed by atoms with Crippen LogP contribution in [0.25, 0.3) is 10.9 Å². The molecule has 0 bridgehead atoms. The highest BCUT2D eigenvalue weighted by Crippen LogP contribution is 2.27. The summed E-state index contributed by atoms with van der Waals surface area (Å²) in [5.41, 5.74) is 3.13. The van der Waals surface area contributed by atoms with Crippen molar-refractivity contribution in [3.8, 4) is 0 Å². The van der Waals surface area contributed by atoms with Crippen molar-refractivity contribution in [2.45, 2.75) is 19.9 Å². The van der Waals surface area contributed by atoms with Gasteiger partial charge < -0.3 is 4.57 Å². The summed E-state index contributed by atoms with van der Waals surface area (Å²) in [6.07, 6.45) is 3.44. The Balaban J connectivity index is 2.21. The van der Waals surface area contributed by atoms with Crippen molar-refractivity contribution in [3.05, 3.63) is 70.1 Å². The largest absolute Gasteiger partial charge is 0.342 e. The Hall–Kier alpha value is -2.13. The quantitative estimate of drug-likeness (QED) is 0.630. The first-order chi connectivity index (χ1) is 10.7. The molecule has 3 aromatic rings. The van der Waals surface area contributed by atoms with E-state index in [0.717, 1.165) is 29.2 Å². The van der Waals surface area contributed by atoms with Crippen LogP contribution >= 0.6 is 11.6 Å². The molecule has 0 amide bonds. The lowest BCUT2D eigenvalue weighted by molar-refractivity contribution is 0.112. The van der Waals surface area contributed by atoms with E-state index in [1.165, 1.54) is 6.07 Å². The van der Waals surface area contributed by atoms with Crippen LogP contribution in [0.4, 0.5) is 4.39 Å². The van der Waals surface area contributed by atoms with E-state index in [0.29, 0.717) is 22.7 Å². The molecular weight excluding hydrogens is 301 g/mol. The molecule has 0 N–H and O–H groups in total. The molecule has 2 aromatic carbocycles. The Morgan fingerprint density at radius 1 is 1.23 bits per heavy atom. The van der Waals surface area contributed by atoms with Crippen molar-refractivity contribution in [2.75, 3.05) is 0 Å². The number of fused-ring (bicyclic) bond motifs is 1. The van der Waals surface area contributed by atoms with Gasteiger partial charge >= 0.3 is 0 Å². The third-order valence-electron chi connectivity index (χ3n) is 3.91. The van der Waals surface area contributed by atoms with E-state index in [1.807, 2.05) is 22.8 Å². The molecule has 0 saturated carbocycles. The molecule has 4 heteroatoms. The number of carbonyl (C=O) groups is 1. The van der Waals surface area contributed by atoms with E-state index in [4.69, 9.17) is 11.6 Å². The van der Waals surface area contributed by atoms with Crippen LogP contribution in [-0.2, 0) is 13.0 Å². The number of nitrogens with zero attached hydrogens (tertiary/aromatic N) is 1. The number of benzene rings is 2. The number of aromatic nitrogens is 1. The smallest absolute Gasteiger partial charge is 0.152 e. The van der Waals surface area contributed by atoms with Crippen molar-refractivity contribution in [1.82, 2.24) is 4.57 Å². The number of hydrogen-bond donors (Lipinski definition) is 0. The highest BCUT2D eigenvalue weighted by Gasteiger charge is 2.14. The van der Waals surface area contributed by atoms with E-state index in [1.54, 1.807) is 18.3 Å². The molecule has 0 spiro atoms. The second-order valence-corrected chi connectivity index (χ2v) is 5.60. The fraction of sp³-hybridized carbons (Fsp3) is 0.167. The van der Waals surface area contributed by atoms with Gasteiger partial charge in [-0.2, -0.15) is 0 Å². The zero-order valence-corrected chi connectivity index (χ0v) is 12.9. The molecule has 0 aliphatic heterocycles. The number of aryl methyl sites for hydroxylation is 1. The first-order valence-electron chi connectivity index (χ1n) is 7.14. The molecule has 1 heterocycles. The van der Waals surface area contributed by atoms with Crippen LogP contribution in [0.15, 0.2) is 42.6 Å². The number of para-hydroxylation sites is 1. The maximum atomic E-state index is 14.0. The van der Waals surface area contributed by atoms with Crippen LogP contribution in [0.1, 0.15) is 28.4 Å². The number of rotatable bonds is 4. The molecule has 2 nitrogen and oxygen atoms in total. The molecule has 1 aromatic heterocycles. The van der Waals surface area contributed by atoms with Crippen LogP contribution in [0, 0.1) is 5.82 Å². The Morgan fingerprint density at radius 3 is 2.68 bits per heavy atom. The molecule has 0 aliphatic rings. The maximum absolute atomic E-state index is 14.0. The minimum absolute atomic E-state index is 0.298. The third kappa shape index (κ3) is 2.42. The van der Waals surface area contributed by atoms with Crippen LogP contribution in [0.2, 0.25) is 5.02 Å². The van der Waals surface area contributed by atoms with Crippen molar-refractivity contribution in [3.63, 3.8) is 0 Å². The van der Waals surface area contributed by atoms with Gasteiger partial charge in [0, 0.05) is 27.7 Å². The van der Waals surface area contributed by atoms with Gasteiger partial charge in [0.15, 0.2) is 6.29 Å². The van der Waals surface area contributed by atoms with Gasteiger partial charge in [0.2, 0.25) is 0 Å². The van der Waals surface area contributed by atoms with Crippen molar-refractivity contribution in [2.24, 2.45) is 0 Å². The fourth-order valence-corrected chi connectivity index (χ4v) is 3.05. The van der Waals surface area contributed by atoms with Gasteiger partial charge in [0.05, 0.1) is 12.1 Å². The normalized spacial score (nSPS) is 11.0. The van der Waals surface area contributed by atoms with Crippen LogP contribution < -0.4 is 0 Å². The fourth-order valence-electron chi connectivity index (χ4n) is 2.82. The molecule has 0 atom stereocenters. The van der Waals surface area contributed by atoms with E-state index < -0.39 is 0 Å². The average Bonchev–Trinajstić information content (AvgIpc) is 2.89. The first-order valence-corrected chi connectivity index (χ1v) is 7.52. The maximum Gasteiger partial charge on any atom is 0.152 e. The number of aldehydes is 1. The lowest BCUT2D eigenvalue weighted by Crippen LogP contribution is -2.03. The summed E-state index contributed by atoms with van der Waals surface area (Å²) >= 11 is 6.12. The lowest BCUT2D eigenvalue weighted by atomic mass is 10.1. The Bertz CT molecular complexity index is 833. The summed E-state index contributed by atoms with van der Waals surface area (Å²) in [5, 5.41) is 1.28. The molecule has 0 fully saturated rings. The summed E-state index contributed by atoms with van der Waals surface area (Å²) in [6.45, 7) is 2.36.